The van der Waals surface area contributed by atoms with Gasteiger partial charge in [0.05, 0.1) is 50.7 Å². The topological polar surface area (TPSA) is 370 Å². The SMILES string of the molecule is CC1(C)C(=CC=C2CCCC(C=CC3=[N+](CCCCS(=O)(=O)O)c4ccccc4C3(C)C)=C2Oc2ccc(C[C@H](NC(=O)[C@H](CCCC[N+](C)(C)C)CC(=O)[C@H](Cc3ccccc3)NC(=O)CCCCC(=O)CC[C@H](NC(=O)NCCCC(=O)O)C(=O)O)C(=O)O)cc2)N(CCCCS(=O)(=O)O)c2ccccc21. The Balaban J connectivity index is 1.11. The van der Waals surface area contributed by atoms with Crippen LogP contribution in [0.1, 0.15) is 172 Å². The number of carbonyl (C=O) groups excluding carboxylic acids is 5. The van der Waals surface area contributed by atoms with Crippen molar-refractivity contribution in [2.24, 2.45) is 5.92 Å². The predicted octanol–water partition coefficient (Wildman–Crippen LogP) is 10.9. The third kappa shape index (κ3) is 26.9. The molecule has 4 aromatic rings. The van der Waals surface area contributed by atoms with E-state index in [-0.39, 0.29) is 114 Å². The van der Waals surface area contributed by atoms with E-state index in [1.165, 1.54) is 0 Å². The highest BCUT2D eigenvalue weighted by Gasteiger charge is 2.45. The molecule has 0 saturated carbocycles. The van der Waals surface area contributed by atoms with Gasteiger partial charge in [0.2, 0.25) is 17.5 Å². The van der Waals surface area contributed by atoms with Crippen molar-refractivity contribution in [2.45, 2.75) is 191 Å². The quantitative estimate of drug-likeness (QED) is 0.00859. The third-order valence-corrected chi connectivity index (χ3v) is 21.6. The van der Waals surface area contributed by atoms with Crippen molar-refractivity contribution in [3.8, 4) is 5.75 Å². The number of nitrogens with one attached hydrogen (secondary N) is 4. The largest absolute Gasteiger partial charge is 0.481 e. The second-order valence-electron chi connectivity index (χ2n) is 30.4. The molecule has 0 spiro atoms. The molecule has 25 nitrogen and oxygen atoms in total. The summed E-state index contributed by atoms with van der Waals surface area (Å²) in [5.41, 5.74) is 8.29. The molecule has 2 aliphatic heterocycles. The van der Waals surface area contributed by atoms with Crippen molar-refractivity contribution in [3.63, 3.8) is 0 Å². The molecule has 4 amide bonds. The van der Waals surface area contributed by atoms with E-state index in [4.69, 9.17) is 9.84 Å². The Labute approximate surface area is 635 Å². The van der Waals surface area contributed by atoms with Crippen molar-refractivity contribution in [1.82, 2.24) is 21.3 Å². The molecule has 27 heteroatoms. The van der Waals surface area contributed by atoms with Crippen LogP contribution >= 0.6 is 0 Å². The first-order chi connectivity index (χ1) is 51.0. The number of ketones is 2. The van der Waals surface area contributed by atoms with E-state index in [1.807, 2.05) is 75.7 Å². The average molecular weight is 1530 g/mol. The number of quaternary nitrogens is 1. The lowest BCUT2D eigenvalue weighted by molar-refractivity contribution is -0.870. The highest BCUT2D eigenvalue weighted by molar-refractivity contribution is 7.86. The van der Waals surface area contributed by atoms with Gasteiger partial charge in [-0.15, -0.1) is 0 Å². The van der Waals surface area contributed by atoms with Crippen LogP contribution in [0.5, 0.6) is 5.75 Å². The van der Waals surface area contributed by atoms with Crippen LogP contribution in [0.3, 0.4) is 0 Å². The fourth-order valence-corrected chi connectivity index (χ4v) is 15.3. The number of urea groups is 1. The summed E-state index contributed by atoms with van der Waals surface area (Å²) in [5.74, 6) is -6.17. The summed E-state index contributed by atoms with van der Waals surface area (Å²) < 4.78 is 76.0. The maximum Gasteiger partial charge on any atom is 0.326 e. The fourth-order valence-electron chi connectivity index (χ4n) is 14.1. The maximum absolute atomic E-state index is 14.6. The second-order valence-corrected chi connectivity index (χ2v) is 33.5. The number of hydrogen-bond acceptors (Lipinski definition) is 14. The number of rotatable bonds is 45. The molecular weight excluding hydrogens is 1420 g/mol. The zero-order valence-electron chi connectivity index (χ0n) is 63.2. The molecule has 0 unspecified atom stereocenters. The van der Waals surface area contributed by atoms with Gasteiger partial charge in [0, 0.05) is 98.5 Å². The number of nitrogens with zero attached hydrogens (tertiary/aromatic N) is 3. The summed E-state index contributed by atoms with van der Waals surface area (Å²) >= 11 is 0. The molecule has 2 heterocycles. The smallest absolute Gasteiger partial charge is 0.326 e. The molecule has 0 fully saturated rings. The molecule has 0 radical (unpaired) electrons. The Morgan fingerprint density at radius 2 is 1.24 bits per heavy atom. The molecule has 9 N–H and O–H groups in total. The molecule has 3 aliphatic rings. The van der Waals surface area contributed by atoms with Crippen LogP contribution in [0.15, 0.2) is 150 Å². The van der Waals surface area contributed by atoms with E-state index in [0.29, 0.717) is 73.2 Å². The minimum absolute atomic E-state index is 0.00858. The number of carboxylic acid groups (broad SMARTS) is 3. The number of carbonyl (C=O) groups is 8. The normalized spacial score (nSPS) is 16.7. The van der Waals surface area contributed by atoms with Crippen molar-refractivity contribution in [3.05, 3.63) is 172 Å². The van der Waals surface area contributed by atoms with Crippen LogP contribution in [-0.4, -0.2) is 180 Å². The molecule has 4 aromatic carbocycles. The van der Waals surface area contributed by atoms with Crippen LogP contribution in [0, 0.1) is 5.92 Å². The minimum atomic E-state index is -4.16. The van der Waals surface area contributed by atoms with Crippen molar-refractivity contribution in [2.75, 3.05) is 63.7 Å². The summed E-state index contributed by atoms with van der Waals surface area (Å²) in [4.78, 5) is 106. The molecule has 0 saturated heterocycles. The number of unbranched alkanes of at least 4 members (excludes halogenated alkanes) is 4. The Kier molecular flexibility index (Phi) is 31.7. The van der Waals surface area contributed by atoms with Crippen LogP contribution in [-0.2, 0) is 77.5 Å². The van der Waals surface area contributed by atoms with Gasteiger partial charge in [0.1, 0.15) is 35.9 Å². The number of benzene rings is 4. The fraction of sp³-hybridized carbons (Fsp3) is 0.494. The van der Waals surface area contributed by atoms with E-state index in [0.717, 1.165) is 63.6 Å². The van der Waals surface area contributed by atoms with Crippen molar-refractivity contribution in [1.29, 1.82) is 0 Å². The Morgan fingerprint density at radius 3 is 1.91 bits per heavy atom. The van der Waals surface area contributed by atoms with E-state index in [1.54, 1.807) is 36.4 Å². The van der Waals surface area contributed by atoms with Gasteiger partial charge in [0.15, 0.2) is 11.5 Å². The summed E-state index contributed by atoms with van der Waals surface area (Å²) in [6.45, 7) is 10.3. The van der Waals surface area contributed by atoms with Crippen LogP contribution in [0.2, 0.25) is 0 Å². The average Bonchev–Trinajstić information content (AvgIpc) is 1.60. The van der Waals surface area contributed by atoms with E-state index in [9.17, 15) is 74.5 Å². The number of Topliss-reactive ketones (excluding diaryl/α,β-unsaturated/α-hetero) is 2. The van der Waals surface area contributed by atoms with Gasteiger partial charge in [-0.3, -0.25) is 33.1 Å². The molecule has 0 bridgehead atoms. The second kappa shape index (κ2) is 39.8. The standard InChI is InChI=1S/C81H107N7O18S2/c1-80(2)63-31-12-14-33-68(63)86(48-18-21-51-107(100,101)102)71(80)45-39-58-28-23-29-59(40-46-72-81(3,4)64-32-13-15-34-69(64)87(72)49-19-22-52-108(103,104)105)75(58)106-62-42-37-57(38-43-62)54-67(78(97)98)84-76(94)60(27-17-20-50-88(5,6)7)55-70(90)66(53-56-25-9-8-10-26-56)83-73(91)35-16-11-30-61(89)41-44-65(77(95)96)85-79(99)82-47-24-36-74(92)93/h8-10,12-15,25-26,31-34,37-40,42-43,45-46,60,65-67H,11,16-24,27-30,35-36,41,44,47-55H2,1-7H3,(H7-2,82,83,84,85,91,92,93,94,95,96,97,98,99,100,101,102,103,104,105)/p+2/t60-,65+,66+,67+/m1/s1. The lowest BCUT2D eigenvalue weighted by atomic mass is 9.81. The Bertz CT molecular complexity index is 4250. The number of carboxylic acids is 3. The lowest BCUT2D eigenvalue weighted by Gasteiger charge is -2.27. The van der Waals surface area contributed by atoms with Gasteiger partial charge in [-0.05, 0) is 162 Å². The van der Waals surface area contributed by atoms with Crippen LogP contribution < -0.4 is 30.9 Å². The van der Waals surface area contributed by atoms with E-state index < -0.39 is 96.6 Å². The summed E-state index contributed by atoms with van der Waals surface area (Å²) in [5, 5.41) is 39.6. The molecule has 1 aliphatic carbocycles. The van der Waals surface area contributed by atoms with Gasteiger partial charge < -0.3 is 50.7 Å². The van der Waals surface area contributed by atoms with Gasteiger partial charge in [-0.1, -0.05) is 98.8 Å². The zero-order valence-corrected chi connectivity index (χ0v) is 64.9. The van der Waals surface area contributed by atoms with E-state index in [2.05, 4.69) is 94.9 Å². The molecule has 586 valence electrons. The molecule has 108 heavy (non-hydrogen) atoms. The van der Waals surface area contributed by atoms with Gasteiger partial charge >= 0.3 is 23.9 Å². The van der Waals surface area contributed by atoms with Gasteiger partial charge in [-0.25, -0.2) is 14.4 Å². The Morgan fingerprint density at radius 1 is 0.611 bits per heavy atom. The number of amides is 4. The summed E-state index contributed by atoms with van der Waals surface area (Å²) in [6, 6.07) is 27.5. The van der Waals surface area contributed by atoms with Gasteiger partial charge in [-0.2, -0.15) is 21.4 Å². The van der Waals surface area contributed by atoms with Crippen molar-refractivity contribution < 1.29 is 93.4 Å². The number of fused-ring (bicyclic) bond motifs is 2. The third-order valence-electron chi connectivity index (χ3n) is 20.0. The first-order valence-corrected chi connectivity index (χ1v) is 40.5. The first-order valence-electron chi connectivity index (χ1n) is 37.3. The predicted molar refractivity (Wildman–Crippen MR) is 413 cm³/mol. The van der Waals surface area contributed by atoms with Crippen LogP contribution in [0.25, 0.3) is 0 Å². The molecular formula is C81H109N7O18S2+2. The summed E-state index contributed by atoms with van der Waals surface area (Å²) in [6.07, 6.45) is 13.1. The lowest BCUT2D eigenvalue weighted by Crippen LogP contribution is -2.47. The molecule has 0 aromatic heterocycles. The molecule has 4 atom stereocenters. The first kappa shape index (κ1) is 86.1. The highest BCUT2D eigenvalue weighted by atomic mass is 32.2. The highest BCUT2D eigenvalue weighted by Crippen LogP contribution is 2.48. The van der Waals surface area contributed by atoms with E-state index >= 15 is 0 Å². The monoisotopic (exact) mass is 1530 g/mol. The van der Waals surface area contributed by atoms with Crippen molar-refractivity contribution >= 4 is 84.6 Å². The van der Waals surface area contributed by atoms with Crippen LogP contribution in [0.4, 0.5) is 16.2 Å². The Hall–Kier alpha value is -9.15. The number of aliphatic carboxylic acids is 3. The number of anilines is 1. The zero-order chi connectivity index (χ0) is 79.0. The maximum atomic E-state index is 14.6. The number of hydrogen-bond donors (Lipinski definition) is 9. The minimum Gasteiger partial charge on any atom is -0.481 e. The number of allylic oxidation sites excluding steroid dienone is 7. The molecule has 7 rings (SSSR count). The number of para-hydroxylation sites is 2. The van der Waals surface area contributed by atoms with Gasteiger partial charge in [0.25, 0.3) is 20.2 Å². The summed E-state index contributed by atoms with van der Waals surface area (Å²) in [7, 11) is -2.19. The number of ether oxygens (including phenoxy) is 1.